The fourth-order valence-electron chi connectivity index (χ4n) is 14.9. The molecular formula is C86H91F12N17O6. The number of benzene rings is 4. The number of aromatic nitrogens is 3. The number of anilines is 7. The number of rotatable bonds is 15. The number of hydrogen-bond donors (Lipinski definition) is 6. The lowest BCUT2D eigenvalue weighted by Crippen LogP contribution is -2.55. The fourth-order valence-corrected chi connectivity index (χ4v) is 14.9. The van der Waals surface area contributed by atoms with E-state index in [1.54, 1.807) is 30.3 Å². The molecule has 6 aromatic rings. The first-order valence-electron chi connectivity index (χ1n) is 38.9. The fraction of sp³-hybridized carbons (Fsp3) is 0.360. The largest absolute Gasteiger partial charge is 0.474 e. The molecule has 5 saturated heterocycles. The first-order chi connectivity index (χ1) is 57.4. The molecule has 23 nitrogen and oxygen atoms in total. The van der Waals surface area contributed by atoms with Gasteiger partial charge in [-0.05, 0) is 127 Å². The number of carbonyl (C=O) groups excluding carboxylic acids is 3. The zero-order valence-electron chi connectivity index (χ0n) is 67.4. The van der Waals surface area contributed by atoms with Gasteiger partial charge in [-0.1, -0.05) is 31.9 Å². The maximum atomic E-state index is 15.8. The number of nitrogens with one attached hydrogen (secondary N) is 6. The zero-order valence-corrected chi connectivity index (χ0v) is 67.4. The summed E-state index contributed by atoms with van der Waals surface area (Å²) in [6.07, 6.45) is -3.62. The summed E-state index contributed by atoms with van der Waals surface area (Å²) in [5.74, 6) is -4.38. The highest BCUT2D eigenvalue weighted by Gasteiger charge is 2.44. The van der Waals surface area contributed by atoms with E-state index in [0.29, 0.717) is 113 Å². The molecule has 0 radical (unpaired) electrons. The summed E-state index contributed by atoms with van der Waals surface area (Å²) in [6.45, 7) is 27.2. The van der Waals surface area contributed by atoms with E-state index in [4.69, 9.17) is 19.5 Å². The summed E-state index contributed by atoms with van der Waals surface area (Å²) in [5, 5.41) is 24.5. The Labute approximate surface area is 691 Å². The number of hydrogen-bond acceptors (Lipinski definition) is 20. The highest BCUT2D eigenvalue weighted by atomic mass is 19.4. The molecule has 0 spiro atoms. The van der Waals surface area contributed by atoms with Gasteiger partial charge in [-0.25, -0.2) is 28.1 Å². The van der Waals surface area contributed by atoms with Crippen LogP contribution in [0.3, 0.4) is 0 Å². The molecule has 4 atom stereocenters. The van der Waals surface area contributed by atoms with E-state index >= 15 is 13.2 Å². The number of alkyl halides is 9. The van der Waals surface area contributed by atoms with Crippen LogP contribution in [0, 0.1) is 28.8 Å². The van der Waals surface area contributed by atoms with Crippen molar-refractivity contribution >= 4 is 57.5 Å². The van der Waals surface area contributed by atoms with Crippen molar-refractivity contribution < 1.29 is 81.3 Å². The first kappa shape index (κ1) is 88.3. The van der Waals surface area contributed by atoms with Crippen LogP contribution in [0.15, 0.2) is 198 Å². The van der Waals surface area contributed by atoms with Crippen molar-refractivity contribution in [2.45, 2.75) is 89.3 Å². The van der Waals surface area contributed by atoms with Gasteiger partial charge in [0, 0.05) is 196 Å². The van der Waals surface area contributed by atoms with Gasteiger partial charge in [-0.3, -0.25) is 24.2 Å². The van der Waals surface area contributed by atoms with Gasteiger partial charge >= 0.3 is 18.5 Å². The Balaban J connectivity index is 0.000000166. The van der Waals surface area contributed by atoms with E-state index in [1.807, 2.05) is 75.7 Å². The molecule has 640 valence electrons. The summed E-state index contributed by atoms with van der Waals surface area (Å²) in [7, 11) is 5.96. The number of amides is 3. The molecule has 8 aliphatic rings. The lowest BCUT2D eigenvalue weighted by atomic mass is 9.99. The van der Waals surface area contributed by atoms with Crippen molar-refractivity contribution in [3.05, 3.63) is 222 Å². The zero-order chi connectivity index (χ0) is 87.1. The highest BCUT2D eigenvalue weighted by molar-refractivity contribution is 6.11. The molecule has 0 aliphatic carbocycles. The first-order valence-corrected chi connectivity index (χ1v) is 38.9. The predicted octanol–water partition coefficient (Wildman–Crippen LogP) is 14.0. The van der Waals surface area contributed by atoms with E-state index in [0.717, 1.165) is 68.4 Å². The number of dihydropyridines is 3. The van der Waals surface area contributed by atoms with Crippen LogP contribution >= 0.6 is 0 Å². The Morgan fingerprint density at radius 2 is 0.843 bits per heavy atom. The van der Waals surface area contributed by atoms with Crippen molar-refractivity contribution in [3.63, 3.8) is 0 Å². The summed E-state index contributed by atoms with van der Waals surface area (Å²) in [4.78, 5) is 66.3. The van der Waals surface area contributed by atoms with Crippen LogP contribution in [0.25, 0.3) is 33.4 Å². The van der Waals surface area contributed by atoms with Crippen molar-refractivity contribution in [3.8, 4) is 45.3 Å². The van der Waals surface area contributed by atoms with Gasteiger partial charge in [0.2, 0.25) is 11.7 Å². The van der Waals surface area contributed by atoms with Gasteiger partial charge in [0.15, 0.2) is 0 Å². The van der Waals surface area contributed by atoms with Gasteiger partial charge in [0.25, 0.3) is 17.7 Å². The van der Waals surface area contributed by atoms with Crippen LogP contribution < -0.4 is 56.2 Å². The van der Waals surface area contributed by atoms with Crippen LogP contribution in [-0.4, -0.2) is 209 Å². The van der Waals surface area contributed by atoms with Crippen molar-refractivity contribution in [2.75, 3.05) is 149 Å². The number of nitriles is 1. The summed E-state index contributed by atoms with van der Waals surface area (Å²) < 4.78 is 187. The van der Waals surface area contributed by atoms with Crippen molar-refractivity contribution in [2.24, 2.45) is 0 Å². The SMILES string of the molecule is C=C1C=C(C(F)(F)F)C(C(=O)Nc2cc(-c3ccc(N4CCOCC4)cc3)c(F)cc2N2C[C@@H](C)N(C)[C@@H](C)C2)=CN1.C=C1C=C(C(F)(F)F)C(C(=O)Nc2cc(-c3ccc(OC4CCOCC4)nc3)c(F)cc2N2CCN(C)CC2)=CN1.C=C1C=C(C(F)(F)F)C(C(=O)Nc2cc(-c3cnc(C#N)nc3)c(F)cc2N2C[C@@H](C)N(C)[C@@H](C)C2)=CN1. The van der Waals surface area contributed by atoms with E-state index in [2.05, 4.69) is 86.2 Å². The number of ether oxygens (including phenoxy) is 3. The van der Waals surface area contributed by atoms with Gasteiger partial charge in [-0.15, -0.1) is 0 Å². The Kier molecular flexibility index (Phi) is 27.3. The number of nitrogens with zero attached hydrogens (tertiary/aromatic N) is 11. The second-order valence-electron chi connectivity index (χ2n) is 30.5. The number of likely N-dealkylation sites (N-methyl/N-ethyl adjacent to an activating group) is 3. The Hall–Kier alpha value is -12.0. The molecule has 0 saturated carbocycles. The van der Waals surface area contributed by atoms with Gasteiger partial charge in [0.05, 0.1) is 94.0 Å². The molecule has 8 aliphatic heterocycles. The van der Waals surface area contributed by atoms with E-state index < -0.39 is 87.1 Å². The molecule has 4 aromatic carbocycles. The Morgan fingerprint density at radius 3 is 1.22 bits per heavy atom. The molecule has 35 heteroatoms. The standard InChI is InChI=1S/C31H35F4N5O2.C29H31F4N5O3.C26H25F4N7O/c1-19-13-26(31(33,34)35)25(16-36-19)30(41)37-28-14-24(22-5-7-23(8-6-22)39-9-11-42-12-10-39)27(32)15-29(28)40-17-20(2)38(4)21(3)18-40;1-18-13-23(29(31,32)33)22(17-34-18)28(39)36-25-14-21(24(30)15-26(25)38-9-7-37(2)8-10-38)19-3-4-27(35-16-19)41-20-5-11-40-12-6-20;1-14-5-20(26(28,29)30)19(11-32-14)25(38)35-22-6-18(17-9-33-24(8-31)34-10-17)21(27)7-23(22)37-12-15(2)36(4)16(3)13-37/h5-8,13-16,20-21,36H,1,9-12,17-18H2,2-4H3,(H,37,41);3-4,13-17,20,34H,1,5-12H2,2H3,(H,36,39);5-7,9-11,15-16,32H,1,12-13H2,2-4H3,(H,35,38)/t20-,21+;;15-,16+. The quantitative estimate of drug-likeness (QED) is 0.0524. The second kappa shape index (κ2) is 37.3. The average molecular weight is 1690 g/mol. The summed E-state index contributed by atoms with van der Waals surface area (Å²) in [6, 6.07) is 21.1. The number of piperazine rings is 3. The molecule has 14 rings (SSSR count). The minimum Gasteiger partial charge on any atom is -0.474 e. The topological polar surface area (TPSA) is 236 Å². The molecule has 5 fully saturated rings. The van der Waals surface area contributed by atoms with Gasteiger partial charge in [0.1, 0.15) is 29.6 Å². The highest BCUT2D eigenvalue weighted by Crippen LogP contribution is 2.44. The summed E-state index contributed by atoms with van der Waals surface area (Å²) in [5.41, 5.74) is -0.930. The lowest BCUT2D eigenvalue weighted by molar-refractivity contribution is -0.115. The normalized spacial score (nSPS) is 20.4. The van der Waals surface area contributed by atoms with Crippen LogP contribution in [0.5, 0.6) is 5.88 Å². The van der Waals surface area contributed by atoms with Crippen LogP contribution in [0.4, 0.5) is 92.5 Å². The monoisotopic (exact) mass is 1690 g/mol. The molecule has 10 heterocycles. The van der Waals surface area contributed by atoms with Crippen molar-refractivity contribution in [1.82, 2.24) is 45.6 Å². The van der Waals surface area contributed by atoms with Crippen LogP contribution in [-0.2, 0) is 23.9 Å². The van der Waals surface area contributed by atoms with E-state index in [1.165, 1.54) is 55.0 Å². The maximum Gasteiger partial charge on any atom is 0.417 e. The van der Waals surface area contributed by atoms with Crippen LogP contribution in [0.1, 0.15) is 46.4 Å². The second-order valence-corrected chi connectivity index (χ2v) is 30.5. The van der Waals surface area contributed by atoms with Crippen molar-refractivity contribution in [1.29, 1.82) is 5.26 Å². The molecule has 0 bridgehead atoms. The molecule has 6 N–H and O–H groups in total. The maximum absolute atomic E-state index is 15.8. The smallest absolute Gasteiger partial charge is 0.417 e. The van der Waals surface area contributed by atoms with Gasteiger partial charge < -0.3 is 70.6 Å². The molecule has 3 amide bonds. The number of morpholine rings is 1. The number of allylic oxidation sites excluding steroid dienone is 3. The third kappa shape index (κ3) is 21.3. The Bertz CT molecular complexity index is 5130. The predicted molar refractivity (Wildman–Crippen MR) is 438 cm³/mol. The molecule has 0 unspecified atom stereocenters. The van der Waals surface area contributed by atoms with E-state index in [-0.39, 0.29) is 92.5 Å². The molecule has 121 heavy (non-hydrogen) atoms. The Morgan fingerprint density at radius 1 is 0.479 bits per heavy atom. The van der Waals surface area contributed by atoms with Crippen LogP contribution in [0.2, 0.25) is 0 Å². The lowest BCUT2D eigenvalue weighted by Gasteiger charge is -2.44. The minimum atomic E-state index is -4.80. The molecule has 2 aromatic heterocycles. The molecular weight excluding hydrogens is 1600 g/mol. The number of pyridine rings is 1. The third-order valence-corrected chi connectivity index (χ3v) is 22.0. The third-order valence-electron chi connectivity index (χ3n) is 22.0. The average Bonchev–Trinajstić information content (AvgIpc) is 0.783. The number of carbonyl (C=O) groups is 3. The van der Waals surface area contributed by atoms with E-state index in [9.17, 15) is 53.9 Å². The van der Waals surface area contributed by atoms with Gasteiger partial charge in [-0.2, -0.15) is 44.8 Å². The summed E-state index contributed by atoms with van der Waals surface area (Å²) >= 11 is 0. The minimum absolute atomic E-state index is 0.00724. The number of halogens is 12.